The number of allylic oxidation sites excluding steroid dienone is 1. The van der Waals surface area contributed by atoms with E-state index < -0.39 is 17.7 Å². The summed E-state index contributed by atoms with van der Waals surface area (Å²) in [6, 6.07) is 10.4. The van der Waals surface area contributed by atoms with E-state index in [0.717, 1.165) is 51.1 Å². The van der Waals surface area contributed by atoms with Crippen LogP contribution < -0.4 is 4.90 Å². The lowest BCUT2D eigenvalue weighted by Gasteiger charge is -2.35. The standard InChI is InChI=1S/C34H45N5O4/c1-21-11-13-25(14-12-21)28-26-19-22(2)38-15-16-39(33(35-8)36-20-23(3)42-18-17-37(9)10)29(30(26)38)24(4)27(28)31(32(40)41)43-34(5,6)7/h11-14,19-20,31H,8,15-18H2,1-7,9-10H3,(H,40,41)/b23-20+,36-33+/t31-/m0/s1. The van der Waals surface area contributed by atoms with Crippen LogP contribution in [0, 0.1) is 20.8 Å². The number of carboxylic acids is 1. The van der Waals surface area contributed by atoms with Gasteiger partial charge in [-0.25, -0.2) is 14.8 Å². The van der Waals surface area contributed by atoms with Crippen molar-refractivity contribution in [3.63, 3.8) is 0 Å². The predicted molar refractivity (Wildman–Crippen MR) is 175 cm³/mol. The van der Waals surface area contributed by atoms with Crippen LogP contribution in [-0.2, 0) is 20.8 Å². The second-order valence-electron chi connectivity index (χ2n) is 12.4. The fraction of sp³-hybridized carbons (Fsp3) is 0.441. The van der Waals surface area contributed by atoms with Crippen molar-refractivity contribution < 1.29 is 19.4 Å². The summed E-state index contributed by atoms with van der Waals surface area (Å²) < 4.78 is 14.4. The molecule has 0 saturated carbocycles. The Labute approximate surface area is 255 Å². The maximum atomic E-state index is 12.9. The van der Waals surface area contributed by atoms with Crippen LogP contribution in [0.3, 0.4) is 0 Å². The molecule has 2 heterocycles. The Morgan fingerprint density at radius 3 is 2.42 bits per heavy atom. The Bertz CT molecular complexity index is 1580. The van der Waals surface area contributed by atoms with E-state index in [0.29, 0.717) is 37.0 Å². The van der Waals surface area contributed by atoms with Crippen LogP contribution >= 0.6 is 0 Å². The van der Waals surface area contributed by atoms with Crippen molar-refractivity contribution in [1.82, 2.24) is 9.47 Å². The normalized spacial score (nSPS) is 14.9. The summed E-state index contributed by atoms with van der Waals surface area (Å²) in [5.74, 6) is 0.0457. The van der Waals surface area contributed by atoms with Gasteiger partial charge in [0.05, 0.1) is 23.0 Å². The Balaban J connectivity index is 2.00. The number of guanidine groups is 1. The quantitative estimate of drug-likeness (QED) is 0.175. The highest BCUT2D eigenvalue weighted by atomic mass is 16.5. The molecular formula is C34H45N5O4. The molecule has 3 aromatic rings. The minimum absolute atomic E-state index is 0.419. The fourth-order valence-electron chi connectivity index (χ4n) is 5.61. The molecule has 1 N–H and O–H groups in total. The molecule has 43 heavy (non-hydrogen) atoms. The first kappa shape index (κ1) is 32.0. The highest BCUT2D eigenvalue weighted by Gasteiger charge is 2.36. The zero-order valence-corrected chi connectivity index (χ0v) is 27.0. The molecule has 1 aromatic heterocycles. The predicted octanol–water partition coefficient (Wildman–Crippen LogP) is 6.49. The summed E-state index contributed by atoms with van der Waals surface area (Å²) in [5.41, 5.74) is 6.64. The number of aliphatic imine (C=N–C) groups is 2. The van der Waals surface area contributed by atoms with Crippen molar-refractivity contribution in [1.29, 1.82) is 0 Å². The Hall–Kier alpha value is -3.95. The summed E-state index contributed by atoms with van der Waals surface area (Å²) in [4.78, 5) is 26.0. The molecule has 0 bridgehead atoms. The molecule has 1 aliphatic rings. The molecule has 0 aliphatic carbocycles. The van der Waals surface area contributed by atoms with Gasteiger partial charge in [0, 0.05) is 36.3 Å². The molecule has 0 unspecified atom stereocenters. The first-order chi connectivity index (χ1) is 20.2. The Kier molecular flexibility index (Phi) is 9.47. The topological polar surface area (TPSA) is 91.9 Å². The molecule has 2 aromatic carbocycles. The summed E-state index contributed by atoms with van der Waals surface area (Å²) in [7, 11) is 3.99. The van der Waals surface area contributed by atoms with Crippen molar-refractivity contribution in [3.05, 3.63) is 64.7 Å². The lowest BCUT2D eigenvalue weighted by molar-refractivity contribution is -0.160. The van der Waals surface area contributed by atoms with Gasteiger partial charge < -0.3 is 28.9 Å². The van der Waals surface area contributed by atoms with Gasteiger partial charge in [-0.15, -0.1) is 0 Å². The van der Waals surface area contributed by atoms with E-state index in [4.69, 9.17) is 9.47 Å². The van der Waals surface area contributed by atoms with E-state index in [1.165, 1.54) is 0 Å². The minimum atomic E-state index is -1.20. The number of hydrogen-bond donors (Lipinski definition) is 1. The van der Waals surface area contributed by atoms with Crippen molar-refractivity contribution in [2.24, 2.45) is 9.98 Å². The fourth-order valence-corrected chi connectivity index (χ4v) is 5.61. The summed E-state index contributed by atoms with van der Waals surface area (Å²) in [6.45, 7) is 20.1. The van der Waals surface area contributed by atoms with E-state index in [1.54, 1.807) is 6.20 Å². The monoisotopic (exact) mass is 587 g/mol. The van der Waals surface area contributed by atoms with Crippen molar-refractivity contribution >= 4 is 35.2 Å². The molecule has 9 nitrogen and oxygen atoms in total. The Morgan fingerprint density at radius 2 is 1.84 bits per heavy atom. The zero-order chi connectivity index (χ0) is 31.6. The van der Waals surface area contributed by atoms with Crippen LogP contribution in [0.5, 0.6) is 0 Å². The number of aliphatic carboxylic acids is 1. The number of carbonyl (C=O) groups is 1. The number of aromatic nitrogens is 1. The average molecular weight is 588 g/mol. The SMILES string of the molecule is C=N/C(=N\C=C(/C)OCCN(C)C)N1CCn2c(C)cc3c(-c4ccc(C)cc4)c([C@H](OC(C)(C)C)C(=O)O)c(C)c1c32. The van der Waals surface area contributed by atoms with Crippen LogP contribution in [0.1, 0.15) is 56.2 Å². The number of ether oxygens (including phenoxy) is 2. The maximum Gasteiger partial charge on any atom is 0.337 e. The van der Waals surface area contributed by atoms with Crippen LogP contribution in [0.15, 0.2) is 52.3 Å². The molecule has 0 fully saturated rings. The van der Waals surface area contributed by atoms with Gasteiger partial charge in [0.25, 0.3) is 0 Å². The number of nitrogens with zero attached hydrogens (tertiary/aromatic N) is 5. The number of likely N-dealkylation sites (N-methyl/N-ethyl adjacent to an activating group) is 1. The molecule has 230 valence electrons. The first-order valence-electron chi connectivity index (χ1n) is 14.6. The third kappa shape index (κ3) is 6.84. The van der Waals surface area contributed by atoms with Crippen LogP contribution in [-0.4, -0.2) is 72.6 Å². The largest absolute Gasteiger partial charge is 0.495 e. The van der Waals surface area contributed by atoms with Crippen LogP contribution in [0.2, 0.25) is 0 Å². The maximum absolute atomic E-state index is 12.9. The molecule has 0 radical (unpaired) electrons. The van der Waals surface area contributed by atoms with E-state index in [9.17, 15) is 9.90 Å². The van der Waals surface area contributed by atoms with Crippen molar-refractivity contribution in [2.45, 2.75) is 66.7 Å². The number of aryl methyl sites for hydroxylation is 2. The number of benzene rings is 2. The summed E-state index contributed by atoms with van der Waals surface area (Å²) >= 11 is 0. The third-order valence-corrected chi connectivity index (χ3v) is 7.55. The molecule has 0 saturated heterocycles. The highest BCUT2D eigenvalue weighted by Crippen LogP contribution is 2.48. The van der Waals surface area contributed by atoms with Gasteiger partial charge in [-0.3, -0.25) is 0 Å². The van der Waals surface area contributed by atoms with Crippen molar-refractivity contribution in [2.75, 3.05) is 38.7 Å². The smallest absolute Gasteiger partial charge is 0.337 e. The van der Waals surface area contributed by atoms with Gasteiger partial charge >= 0.3 is 5.97 Å². The van der Waals surface area contributed by atoms with Gasteiger partial charge in [0.1, 0.15) is 12.4 Å². The number of carboxylic acid groups (broad SMARTS) is 1. The van der Waals surface area contributed by atoms with Gasteiger partial charge in [0.2, 0.25) is 5.96 Å². The highest BCUT2D eigenvalue weighted by molar-refractivity contribution is 6.13. The van der Waals surface area contributed by atoms with Gasteiger partial charge in [-0.05, 0) is 92.0 Å². The molecular weight excluding hydrogens is 542 g/mol. The van der Waals surface area contributed by atoms with E-state index in [2.05, 4.69) is 63.4 Å². The first-order valence-corrected chi connectivity index (χ1v) is 14.6. The lowest BCUT2D eigenvalue weighted by atomic mass is 9.87. The van der Waals surface area contributed by atoms with E-state index in [-0.39, 0.29) is 0 Å². The van der Waals surface area contributed by atoms with Gasteiger partial charge in [-0.2, -0.15) is 0 Å². The summed E-state index contributed by atoms with van der Waals surface area (Å²) in [5, 5.41) is 11.6. The third-order valence-electron chi connectivity index (χ3n) is 7.55. The zero-order valence-electron chi connectivity index (χ0n) is 27.0. The second kappa shape index (κ2) is 12.7. The van der Waals surface area contributed by atoms with Gasteiger partial charge in [0.15, 0.2) is 6.10 Å². The minimum Gasteiger partial charge on any atom is -0.495 e. The van der Waals surface area contributed by atoms with E-state index >= 15 is 0 Å². The molecule has 0 amide bonds. The van der Waals surface area contributed by atoms with Crippen molar-refractivity contribution in [3.8, 4) is 11.1 Å². The number of anilines is 1. The average Bonchev–Trinajstić information content (AvgIpc) is 3.26. The Morgan fingerprint density at radius 1 is 1.16 bits per heavy atom. The van der Waals surface area contributed by atoms with E-state index in [1.807, 2.05) is 60.5 Å². The number of hydrogen-bond acceptors (Lipinski definition) is 5. The van der Waals surface area contributed by atoms with Crippen LogP contribution in [0.25, 0.3) is 22.0 Å². The lowest BCUT2D eigenvalue weighted by Crippen LogP contribution is -2.37. The molecule has 9 heteroatoms. The van der Waals surface area contributed by atoms with Gasteiger partial charge in [-0.1, -0.05) is 29.8 Å². The summed E-state index contributed by atoms with van der Waals surface area (Å²) in [6.07, 6.45) is 0.462. The number of rotatable bonds is 9. The second-order valence-corrected chi connectivity index (χ2v) is 12.4. The molecule has 1 atom stereocenters. The van der Waals surface area contributed by atoms with Crippen LogP contribution in [0.4, 0.5) is 5.69 Å². The molecule has 4 rings (SSSR count). The molecule has 1 aliphatic heterocycles. The molecule has 0 spiro atoms.